The molecule has 2 heteroatoms. The fourth-order valence-corrected chi connectivity index (χ4v) is 3.49. The zero-order valence-corrected chi connectivity index (χ0v) is 11.8. The molecule has 0 atom stereocenters. The van der Waals surface area contributed by atoms with Crippen molar-refractivity contribution in [2.24, 2.45) is 0 Å². The number of rotatable bonds is 0. The summed E-state index contributed by atoms with van der Waals surface area (Å²) in [7, 11) is 0. The first-order chi connectivity index (χ1) is 10.2. The number of allylic oxidation sites excluding steroid dienone is 2. The highest BCUT2D eigenvalue weighted by Gasteiger charge is 2.28. The van der Waals surface area contributed by atoms with Crippen molar-refractivity contribution in [3.8, 4) is 11.1 Å². The Morgan fingerprint density at radius 2 is 1.48 bits per heavy atom. The highest BCUT2D eigenvalue weighted by molar-refractivity contribution is 6.24. The van der Waals surface area contributed by atoms with E-state index >= 15 is 0 Å². The maximum atomic E-state index is 12.4. The van der Waals surface area contributed by atoms with Crippen molar-refractivity contribution < 1.29 is 9.59 Å². The molecule has 2 aromatic carbocycles. The van der Waals surface area contributed by atoms with Gasteiger partial charge in [-0.25, -0.2) is 0 Å². The molecule has 0 aromatic heterocycles. The molecule has 0 N–H and O–H groups in total. The molecule has 21 heavy (non-hydrogen) atoms. The average molecular weight is 274 g/mol. The van der Waals surface area contributed by atoms with E-state index in [1.165, 1.54) is 23.3 Å². The second kappa shape index (κ2) is 4.26. The van der Waals surface area contributed by atoms with Crippen molar-refractivity contribution in [3.63, 3.8) is 0 Å². The molecule has 0 fully saturated rings. The fourth-order valence-electron chi connectivity index (χ4n) is 3.49. The van der Waals surface area contributed by atoms with E-state index in [4.69, 9.17) is 0 Å². The summed E-state index contributed by atoms with van der Waals surface area (Å²) >= 11 is 0. The van der Waals surface area contributed by atoms with Crippen LogP contribution in [0.15, 0.2) is 42.5 Å². The van der Waals surface area contributed by atoms with E-state index in [0.717, 1.165) is 29.5 Å². The Morgan fingerprint density at radius 3 is 2.29 bits per heavy atom. The summed E-state index contributed by atoms with van der Waals surface area (Å²) in [4.78, 5) is 24.5. The summed E-state index contributed by atoms with van der Waals surface area (Å²) < 4.78 is 0. The third-order valence-corrected chi connectivity index (χ3v) is 4.46. The van der Waals surface area contributed by atoms with Gasteiger partial charge in [0.15, 0.2) is 11.6 Å². The molecule has 0 aliphatic heterocycles. The Morgan fingerprint density at radius 1 is 0.762 bits per heavy atom. The van der Waals surface area contributed by atoms with Gasteiger partial charge in [0, 0.05) is 11.1 Å². The molecule has 102 valence electrons. The minimum atomic E-state index is -0.0758. The van der Waals surface area contributed by atoms with Crippen LogP contribution in [0.5, 0.6) is 0 Å². The average Bonchev–Trinajstić information content (AvgIpc) is 2.50. The largest absolute Gasteiger partial charge is 0.289 e. The summed E-state index contributed by atoms with van der Waals surface area (Å²) in [5.74, 6) is -0.134. The lowest BCUT2D eigenvalue weighted by Gasteiger charge is -2.26. The third kappa shape index (κ3) is 1.65. The number of carbonyl (C=O) groups is 2. The molecule has 4 rings (SSSR count). The van der Waals surface area contributed by atoms with Crippen LogP contribution in [0.2, 0.25) is 0 Å². The molecule has 0 amide bonds. The molecule has 2 aromatic rings. The van der Waals surface area contributed by atoms with E-state index in [9.17, 15) is 9.59 Å². The maximum absolute atomic E-state index is 12.4. The number of hydrogen-bond acceptors (Lipinski definition) is 2. The maximum Gasteiger partial charge on any atom is 0.187 e. The number of ketones is 2. The number of hydrogen-bond donors (Lipinski definition) is 0. The lowest BCUT2D eigenvalue weighted by Crippen LogP contribution is -2.17. The third-order valence-electron chi connectivity index (χ3n) is 4.46. The number of aryl methyl sites for hydroxylation is 3. The molecule has 0 spiro atoms. The van der Waals surface area contributed by atoms with Gasteiger partial charge in [0.05, 0.1) is 0 Å². The van der Waals surface area contributed by atoms with Crippen molar-refractivity contribution >= 4 is 11.6 Å². The Bertz CT molecular complexity index is 841. The molecular formula is C19H14O2. The van der Waals surface area contributed by atoms with Crippen LogP contribution in [0, 0.1) is 6.92 Å². The Hall–Kier alpha value is -2.48. The highest BCUT2D eigenvalue weighted by Crippen LogP contribution is 2.40. The first-order valence-corrected chi connectivity index (χ1v) is 7.18. The normalized spacial score (nSPS) is 15.5. The lowest BCUT2D eigenvalue weighted by molar-refractivity contribution is 0.0994. The molecule has 0 saturated heterocycles. The van der Waals surface area contributed by atoms with Gasteiger partial charge in [-0.3, -0.25) is 9.59 Å². The topological polar surface area (TPSA) is 34.1 Å². The summed E-state index contributed by atoms with van der Waals surface area (Å²) in [6.07, 6.45) is 4.68. The van der Waals surface area contributed by atoms with Crippen LogP contribution in [-0.2, 0) is 12.8 Å². The summed E-state index contributed by atoms with van der Waals surface area (Å²) in [6, 6.07) is 10.1. The first-order valence-electron chi connectivity index (χ1n) is 7.18. The monoisotopic (exact) mass is 274 g/mol. The molecule has 0 saturated carbocycles. The molecule has 0 bridgehead atoms. The summed E-state index contributed by atoms with van der Waals surface area (Å²) in [5.41, 5.74) is 6.86. The van der Waals surface area contributed by atoms with Gasteiger partial charge in [-0.15, -0.1) is 0 Å². The fraction of sp³-hybridized carbons (Fsp3) is 0.158. The van der Waals surface area contributed by atoms with E-state index in [2.05, 4.69) is 25.1 Å². The number of benzene rings is 2. The van der Waals surface area contributed by atoms with E-state index in [-0.39, 0.29) is 11.6 Å². The van der Waals surface area contributed by atoms with Gasteiger partial charge >= 0.3 is 0 Å². The van der Waals surface area contributed by atoms with Crippen molar-refractivity contribution in [1.82, 2.24) is 0 Å². The van der Waals surface area contributed by atoms with Crippen LogP contribution >= 0.6 is 0 Å². The van der Waals surface area contributed by atoms with Gasteiger partial charge < -0.3 is 0 Å². The summed E-state index contributed by atoms with van der Waals surface area (Å²) in [5, 5.41) is 0. The minimum absolute atomic E-state index is 0.0578. The molecule has 2 aliphatic rings. The molecule has 0 heterocycles. The van der Waals surface area contributed by atoms with Crippen LogP contribution in [0.4, 0.5) is 0 Å². The van der Waals surface area contributed by atoms with Crippen LogP contribution in [0.3, 0.4) is 0 Å². The molecule has 0 unspecified atom stereocenters. The van der Waals surface area contributed by atoms with Crippen molar-refractivity contribution in [2.45, 2.75) is 19.8 Å². The van der Waals surface area contributed by atoms with Gasteiger partial charge in [0.2, 0.25) is 0 Å². The van der Waals surface area contributed by atoms with E-state index in [1.54, 1.807) is 6.07 Å². The quantitative estimate of drug-likeness (QED) is 0.734. The van der Waals surface area contributed by atoms with Crippen molar-refractivity contribution in [2.75, 3.05) is 0 Å². The molecular weight excluding hydrogens is 260 g/mol. The Labute approximate surface area is 123 Å². The van der Waals surface area contributed by atoms with Crippen LogP contribution in [-0.4, -0.2) is 11.6 Å². The van der Waals surface area contributed by atoms with Crippen molar-refractivity contribution in [1.29, 1.82) is 0 Å². The zero-order valence-electron chi connectivity index (χ0n) is 11.8. The molecule has 0 radical (unpaired) electrons. The van der Waals surface area contributed by atoms with Gasteiger partial charge in [-0.05, 0) is 65.8 Å². The van der Waals surface area contributed by atoms with Gasteiger partial charge in [-0.1, -0.05) is 24.3 Å². The SMILES string of the molecule is Cc1cccc2c1-c1c(ccc3c1C(=O)C=CC3=O)CC2. The molecule has 2 aliphatic carbocycles. The van der Waals surface area contributed by atoms with Crippen LogP contribution in [0.1, 0.15) is 37.4 Å². The van der Waals surface area contributed by atoms with Crippen molar-refractivity contribution in [3.05, 3.63) is 70.3 Å². The zero-order chi connectivity index (χ0) is 14.6. The number of carbonyl (C=O) groups excluding carboxylic acids is 2. The summed E-state index contributed by atoms with van der Waals surface area (Å²) in [6.45, 7) is 2.07. The minimum Gasteiger partial charge on any atom is -0.289 e. The Balaban J connectivity index is 2.13. The van der Waals surface area contributed by atoms with E-state index < -0.39 is 0 Å². The predicted molar refractivity (Wildman–Crippen MR) is 81.8 cm³/mol. The second-order valence-electron chi connectivity index (χ2n) is 5.69. The highest BCUT2D eigenvalue weighted by atomic mass is 16.1. The number of fused-ring (bicyclic) bond motifs is 5. The lowest BCUT2D eigenvalue weighted by atomic mass is 9.77. The van der Waals surface area contributed by atoms with E-state index in [1.807, 2.05) is 6.07 Å². The van der Waals surface area contributed by atoms with Crippen LogP contribution in [0.25, 0.3) is 11.1 Å². The predicted octanol–water partition coefficient (Wildman–Crippen LogP) is 3.70. The van der Waals surface area contributed by atoms with Crippen LogP contribution < -0.4 is 0 Å². The second-order valence-corrected chi connectivity index (χ2v) is 5.69. The first kappa shape index (κ1) is 12.3. The van der Waals surface area contributed by atoms with Gasteiger partial charge in [0.25, 0.3) is 0 Å². The smallest absolute Gasteiger partial charge is 0.187 e. The molecule has 2 nitrogen and oxygen atoms in total. The standard InChI is InChI=1S/C19H14O2/c1-11-3-2-4-12-5-6-13-7-8-14-15(20)9-10-16(21)19(14)18(13)17(11)12/h2-4,7-10H,5-6H2,1H3. The van der Waals surface area contributed by atoms with Gasteiger partial charge in [-0.2, -0.15) is 0 Å². The van der Waals surface area contributed by atoms with Gasteiger partial charge in [0.1, 0.15) is 0 Å². The van der Waals surface area contributed by atoms with E-state index in [0.29, 0.717) is 11.1 Å². The Kier molecular flexibility index (Phi) is 2.49.